The van der Waals surface area contributed by atoms with Gasteiger partial charge in [0.1, 0.15) is 5.82 Å². The van der Waals surface area contributed by atoms with Gasteiger partial charge in [0.15, 0.2) is 0 Å². The summed E-state index contributed by atoms with van der Waals surface area (Å²) in [5, 5.41) is 7.14. The van der Waals surface area contributed by atoms with Crippen LogP contribution in [-0.4, -0.2) is 36.6 Å². The number of nitrogens with one attached hydrogen (secondary N) is 2. The van der Waals surface area contributed by atoms with Crippen LogP contribution in [0.1, 0.15) is 35.4 Å². The third-order valence-electron chi connectivity index (χ3n) is 4.81. The van der Waals surface area contributed by atoms with Gasteiger partial charge in [-0.2, -0.15) is 4.98 Å². The van der Waals surface area contributed by atoms with E-state index in [9.17, 15) is 0 Å². The fourth-order valence-electron chi connectivity index (χ4n) is 3.34. The first-order valence-corrected chi connectivity index (χ1v) is 9.95. The van der Waals surface area contributed by atoms with Gasteiger partial charge in [0, 0.05) is 42.6 Å². The lowest BCUT2D eigenvalue weighted by atomic mass is 9.86. The number of thiophene rings is 1. The van der Waals surface area contributed by atoms with E-state index in [4.69, 9.17) is 0 Å². The summed E-state index contributed by atoms with van der Waals surface area (Å²) in [6, 6.07) is 6.86. The molecule has 136 valence electrons. The van der Waals surface area contributed by atoms with E-state index < -0.39 is 0 Å². The van der Waals surface area contributed by atoms with E-state index in [1.54, 1.807) is 0 Å². The highest BCUT2D eigenvalue weighted by atomic mass is 32.1. The number of nitrogens with zero attached hydrogens (tertiary/aromatic N) is 3. The summed E-state index contributed by atoms with van der Waals surface area (Å²) >= 11 is 1.89. The number of hydrogen-bond donors (Lipinski definition) is 2. The quantitative estimate of drug-likeness (QED) is 0.790. The van der Waals surface area contributed by atoms with E-state index in [0.717, 1.165) is 30.8 Å². The maximum Gasteiger partial charge on any atom is 0.224 e. The largest absolute Gasteiger partial charge is 0.363 e. The van der Waals surface area contributed by atoms with Crippen molar-refractivity contribution >= 4 is 23.1 Å². The third kappa shape index (κ3) is 5.41. The zero-order valence-electron chi connectivity index (χ0n) is 15.5. The number of rotatable bonds is 7. The highest BCUT2D eigenvalue weighted by Crippen LogP contribution is 2.26. The molecular formula is C19H29N5S. The molecule has 2 heterocycles. The molecule has 0 amide bonds. The Morgan fingerprint density at radius 1 is 1.16 bits per heavy atom. The van der Waals surface area contributed by atoms with Crippen LogP contribution in [-0.2, 0) is 6.54 Å². The first-order chi connectivity index (χ1) is 12.1. The van der Waals surface area contributed by atoms with Crippen LogP contribution in [0.3, 0.4) is 0 Å². The lowest BCUT2D eigenvalue weighted by molar-refractivity contribution is 0.324. The fourth-order valence-corrected chi connectivity index (χ4v) is 4.20. The summed E-state index contributed by atoms with van der Waals surface area (Å²) in [5.74, 6) is 2.48. The van der Waals surface area contributed by atoms with Gasteiger partial charge in [0.25, 0.3) is 0 Å². The normalized spacial score (nSPS) is 20.4. The number of aromatic nitrogens is 2. The van der Waals surface area contributed by atoms with Crippen LogP contribution >= 0.6 is 11.3 Å². The summed E-state index contributed by atoms with van der Waals surface area (Å²) in [4.78, 5) is 13.8. The Morgan fingerprint density at radius 2 is 1.96 bits per heavy atom. The average molecular weight is 360 g/mol. The van der Waals surface area contributed by atoms with Gasteiger partial charge in [0.05, 0.1) is 0 Å². The number of anilines is 2. The summed E-state index contributed by atoms with van der Waals surface area (Å²) in [6.45, 7) is 4.29. The van der Waals surface area contributed by atoms with E-state index in [2.05, 4.69) is 39.7 Å². The number of aryl methyl sites for hydroxylation is 1. The molecule has 6 heteroatoms. The van der Waals surface area contributed by atoms with Crippen molar-refractivity contribution in [2.75, 3.05) is 30.9 Å². The van der Waals surface area contributed by atoms with Crippen molar-refractivity contribution in [2.45, 2.75) is 45.2 Å². The smallest absolute Gasteiger partial charge is 0.224 e. The Kier molecular flexibility index (Phi) is 6.26. The Morgan fingerprint density at radius 3 is 2.64 bits per heavy atom. The van der Waals surface area contributed by atoms with Crippen molar-refractivity contribution in [3.05, 3.63) is 34.2 Å². The highest BCUT2D eigenvalue weighted by molar-refractivity contribution is 7.11. The molecule has 2 aromatic heterocycles. The molecule has 1 fully saturated rings. The number of hydrogen-bond acceptors (Lipinski definition) is 6. The van der Waals surface area contributed by atoms with Crippen LogP contribution in [0.15, 0.2) is 24.4 Å². The Balaban J connectivity index is 1.39. The predicted molar refractivity (Wildman–Crippen MR) is 106 cm³/mol. The van der Waals surface area contributed by atoms with Crippen molar-refractivity contribution in [3.63, 3.8) is 0 Å². The molecule has 0 radical (unpaired) electrons. The summed E-state index contributed by atoms with van der Waals surface area (Å²) < 4.78 is 0. The zero-order chi connectivity index (χ0) is 17.6. The molecule has 0 saturated heterocycles. The molecule has 2 N–H and O–H groups in total. The van der Waals surface area contributed by atoms with Crippen molar-refractivity contribution in [3.8, 4) is 0 Å². The van der Waals surface area contributed by atoms with Crippen molar-refractivity contribution in [1.29, 1.82) is 0 Å². The summed E-state index contributed by atoms with van der Waals surface area (Å²) in [6.07, 6.45) is 6.75. The van der Waals surface area contributed by atoms with Gasteiger partial charge in [-0.1, -0.05) is 0 Å². The molecule has 0 aliphatic heterocycles. The molecule has 1 aliphatic rings. The maximum atomic E-state index is 4.56. The van der Waals surface area contributed by atoms with E-state index in [1.807, 2.05) is 42.6 Å². The van der Waals surface area contributed by atoms with Gasteiger partial charge in [-0.05, 0) is 63.3 Å². The van der Waals surface area contributed by atoms with Crippen LogP contribution in [0.5, 0.6) is 0 Å². The second-order valence-corrected chi connectivity index (χ2v) is 8.51. The molecule has 3 rings (SSSR count). The van der Waals surface area contributed by atoms with Crippen LogP contribution in [0.2, 0.25) is 0 Å². The minimum Gasteiger partial charge on any atom is -0.363 e. The lowest BCUT2D eigenvalue weighted by Crippen LogP contribution is -2.31. The molecule has 0 aromatic carbocycles. The topological polar surface area (TPSA) is 53.1 Å². The van der Waals surface area contributed by atoms with E-state index >= 15 is 0 Å². The third-order valence-corrected chi connectivity index (χ3v) is 5.81. The van der Waals surface area contributed by atoms with Crippen molar-refractivity contribution < 1.29 is 0 Å². The van der Waals surface area contributed by atoms with Gasteiger partial charge in [-0.25, -0.2) is 4.98 Å². The second-order valence-electron chi connectivity index (χ2n) is 7.14. The van der Waals surface area contributed by atoms with Crippen molar-refractivity contribution in [2.24, 2.45) is 5.92 Å². The van der Waals surface area contributed by atoms with Crippen LogP contribution < -0.4 is 15.5 Å². The summed E-state index contributed by atoms with van der Waals surface area (Å²) in [5.41, 5.74) is 0. The van der Waals surface area contributed by atoms with Gasteiger partial charge in [-0.3, -0.25) is 0 Å². The molecular weight excluding hydrogens is 330 g/mol. The van der Waals surface area contributed by atoms with Gasteiger partial charge >= 0.3 is 0 Å². The first-order valence-electron chi connectivity index (χ1n) is 9.13. The molecule has 0 unspecified atom stereocenters. The minimum atomic E-state index is 0.494. The highest BCUT2D eigenvalue weighted by Gasteiger charge is 2.21. The van der Waals surface area contributed by atoms with Crippen LogP contribution in [0, 0.1) is 12.8 Å². The molecule has 1 saturated carbocycles. The molecule has 2 aromatic rings. The van der Waals surface area contributed by atoms with E-state index in [-0.39, 0.29) is 0 Å². The molecule has 5 nitrogen and oxygen atoms in total. The molecule has 0 bridgehead atoms. The predicted octanol–water partition coefficient (Wildman–Crippen LogP) is 3.67. The van der Waals surface area contributed by atoms with Crippen LogP contribution in [0.4, 0.5) is 11.8 Å². The first kappa shape index (κ1) is 18.1. The monoisotopic (exact) mass is 359 g/mol. The molecule has 1 aliphatic carbocycles. The standard InChI is InChI=1S/C19H29N5S/c1-14-4-9-17(25-14)13-20-12-15-5-7-16(8-6-15)22-19-21-11-10-18(23-19)24(2)3/h4,9-11,15-16,20H,5-8,12-13H2,1-3H3,(H,21,22,23). The Bertz CT molecular complexity index is 661. The van der Waals surface area contributed by atoms with Crippen molar-refractivity contribution in [1.82, 2.24) is 15.3 Å². The lowest BCUT2D eigenvalue weighted by Gasteiger charge is -2.29. The maximum absolute atomic E-state index is 4.56. The van der Waals surface area contributed by atoms with Gasteiger partial charge in [-0.15, -0.1) is 11.3 Å². The Labute approximate surface area is 154 Å². The van der Waals surface area contributed by atoms with Crippen LogP contribution in [0.25, 0.3) is 0 Å². The SMILES string of the molecule is Cc1ccc(CNCC2CCC(Nc3nccc(N(C)C)n3)CC2)s1. The van der Waals surface area contributed by atoms with Gasteiger partial charge < -0.3 is 15.5 Å². The Hall–Kier alpha value is -1.66. The van der Waals surface area contributed by atoms with Gasteiger partial charge in [0.2, 0.25) is 5.95 Å². The molecule has 0 spiro atoms. The van der Waals surface area contributed by atoms with E-state index in [0.29, 0.717) is 6.04 Å². The summed E-state index contributed by atoms with van der Waals surface area (Å²) in [7, 11) is 4.00. The average Bonchev–Trinajstić information content (AvgIpc) is 3.02. The van der Waals surface area contributed by atoms with E-state index in [1.165, 1.54) is 35.4 Å². The fraction of sp³-hybridized carbons (Fsp3) is 0.579. The zero-order valence-corrected chi connectivity index (χ0v) is 16.3. The molecule has 25 heavy (non-hydrogen) atoms. The molecule has 0 atom stereocenters. The second kappa shape index (κ2) is 8.63. The minimum absolute atomic E-state index is 0.494.